The number of hydrogen-bond donors (Lipinski definition) is 2. The Hall–Kier alpha value is -3.53. The number of ether oxygens (including phenoxy) is 2. The molecule has 0 heterocycles. The number of methoxy groups -OCH3 is 2. The molecular formula is C18H17N3O4. The molecule has 0 saturated carbocycles. The van der Waals surface area contributed by atoms with Crippen LogP contribution < -0.4 is 20.1 Å². The van der Waals surface area contributed by atoms with E-state index >= 15 is 0 Å². The molecule has 0 aliphatic rings. The summed E-state index contributed by atoms with van der Waals surface area (Å²) in [7, 11) is 3.01. The van der Waals surface area contributed by atoms with Gasteiger partial charge in [-0.05, 0) is 36.4 Å². The summed E-state index contributed by atoms with van der Waals surface area (Å²) in [6, 6.07) is 13.3. The number of amides is 2. The van der Waals surface area contributed by atoms with Gasteiger partial charge in [0, 0.05) is 16.9 Å². The molecule has 2 aromatic rings. The van der Waals surface area contributed by atoms with Crippen LogP contribution in [0.5, 0.6) is 11.5 Å². The standard InChI is InChI=1S/C18H17N3O4/c1-24-15-7-6-12(10-16(15)25-2)18(23)21-14-5-3-4-13(11-14)20-17(22)8-9-19/h3-7,10-11H,8H2,1-2H3,(H,20,22)(H,21,23). The minimum atomic E-state index is -0.411. The average molecular weight is 339 g/mol. The van der Waals surface area contributed by atoms with Crippen molar-refractivity contribution >= 4 is 23.2 Å². The van der Waals surface area contributed by atoms with Crippen molar-refractivity contribution in [3.05, 3.63) is 48.0 Å². The molecule has 0 unspecified atom stereocenters. The van der Waals surface area contributed by atoms with E-state index in [1.165, 1.54) is 14.2 Å². The second kappa shape index (κ2) is 8.36. The molecule has 0 radical (unpaired) electrons. The molecule has 0 aromatic heterocycles. The van der Waals surface area contributed by atoms with Crippen molar-refractivity contribution in [3.63, 3.8) is 0 Å². The quantitative estimate of drug-likeness (QED) is 0.843. The smallest absolute Gasteiger partial charge is 0.255 e. The van der Waals surface area contributed by atoms with E-state index in [1.54, 1.807) is 48.5 Å². The molecule has 0 fully saturated rings. The highest BCUT2D eigenvalue weighted by Gasteiger charge is 2.11. The highest BCUT2D eigenvalue weighted by atomic mass is 16.5. The predicted molar refractivity (Wildman–Crippen MR) is 92.8 cm³/mol. The largest absolute Gasteiger partial charge is 0.493 e. The summed E-state index contributed by atoms with van der Waals surface area (Å²) in [4.78, 5) is 23.8. The van der Waals surface area contributed by atoms with Crippen LogP contribution in [0.25, 0.3) is 0 Å². The Balaban J connectivity index is 2.13. The fourth-order valence-corrected chi connectivity index (χ4v) is 2.13. The molecule has 25 heavy (non-hydrogen) atoms. The topological polar surface area (TPSA) is 100 Å². The van der Waals surface area contributed by atoms with E-state index in [4.69, 9.17) is 14.7 Å². The number of nitrogens with zero attached hydrogens (tertiary/aromatic N) is 1. The lowest BCUT2D eigenvalue weighted by molar-refractivity contribution is -0.115. The van der Waals surface area contributed by atoms with Crippen LogP contribution in [0.4, 0.5) is 11.4 Å². The molecule has 0 saturated heterocycles. The molecule has 2 N–H and O–H groups in total. The van der Waals surface area contributed by atoms with Crippen LogP contribution in [0.2, 0.25) is 0 Å². The third-order valence-electron chi connectivity index (χ3n) is 3.29. The van der Waals surface area contributed by atoms with E-state index in [0.29, 0.717) is 28.4 Å². The third kappa shape index (κ3) is 4.72. The van der Waals surface area contributed by atoms with Gasteiger partial charge in [0.15, 0.2) is 11.5 Å². The molecule has 2 rings (SSSR count). The Morgan fingerprint density at radius 2 is 1.68 bits per heavy atom. The van der Waals surface area contributed by atoms with Crippen LogP contribution in [-0.4, -0.2) is 26.0 Å². The van der Waals surface area contributed by atoms with E-state index in [9.17, 15) is 9.59 Å². The van der Waals surface area contributed by atoms with Crippen LogP contribution in [0.1, 0.15) is 16.8 Å². The molecule has 128 valence electrons. The first-order valence-corrected chi connectivity index (χ1v) is 7.37. The molecule has 7 heteroatoms. The van der Waals surface area contributed by atoms with Crippen molar-refractivity contribution in [1.82, 2.24) is 0 Å². The van der Waals surface area contributed by atoms with Gasteiger partial charge in [-0.2, -0.15) is 5.26 Å². The molecule has 0 aliphatic heterocycles. The maximum absolute atomic E-state index is 12.4. The van der Waals surface area contributed by atoms with E-state index < -0.39 is 5.91 Å². The van der Waals surface area contributed by atoms with Crippen molar-refractivity contribution in [2.24, 2.45) is 0 Å². The molecule has 0 atom stereocenters. The summed E-state index contributed by atoms with van der Waals surface area (Å²) < 4.78 is 10.3. The minimum Gasteiger partial charge on any atom is -0.493 e. The van der Waals surface area contributed by atoms with Gasteiger partial charge >= 0.3 is 0 Å². The number of nitriles is 1. The summed E-state index contributed by atoms with van der Waals surface area (Å²) in [5, 5.41) is 13.8. The van der Waals surface area contributed by atoms with E-state index in [2.05, 4.69) is 10.6 Å². The lowest BCUT2D eigenvalue weighted by Crippen LogP contribution is -2.13. The summed E-state index contributed by atoms with van der Waals surface area (Å²) in [5.74, 6) is 0.237. The Bertz CT molecular complexity index is 827. The average Bonchev–Trinajstić information content (AvgIpc) is 2.61. The SMILES string of the molecule is COc1ccc(C(=O)Nc2cccc(NC(=O)CC#N)c2)cc1OC. The second-order valence-electron chi connectivity index (χ2n) is 4.99. The zero-order chi connectivity index (χ0) is 18.2. The number of benzene rings is 2. The Morgan fingerprint density at radius 1 is 1.00 bits per heavy atom. The molecule has 7 nitrogen and oxygen atoms in total. The van der Waals surface area contributed by atoms with Gasteiger partial charge in [-0.25, -0.2) is 0 Å². The van der Waals surface area contributed by atoms with Crippen LogP contribution >= 0.6 is 0 Å². The van der Waals surface area contributed by atoms with Crippen LogP contribution in [0, 0.1) is 11.3 Å². The number of rotatable bonds is 6. The van der Waals surface area contributed by atoms with Gasteiger partial charge in [-0.1, -0.05) is 6.07 Å². The summed E-state index contributed by atoms with van der Waals surface area (Å²) in [5.41, 5.74) is 1.40. The fourth-order valence-electron chi connectivity index (χ4n) is 2.13. The maximum atomic E-state index is 12.4. The van der Waals surface area contributed by atoms with Crippen molar-refractivity contribution in [2.45, 2.75) is 6.42 Å². The van der Waals surface area contributed by atoms with Gasteiger partial charge in [-0.15, -0.1) is 0 Å². The fraction of sp³-hybridized carbons (Fsp3) is 0.167. The molecule has 0 aliphatic carbocycles. The van der Waals surface area contributed by atoms with Gasteiger partial charge in [0.25, 0.3) is 5.91 Å². The first kappa shape index (κ1) is 17.8. The highest BCUT2D eigenvalue weighted by molar-refractivity contribution is 6.05. The van der Waals surface area contributed by atoms with Gasteiger partial charge < -0.3 is 20.1 Å². The Kier molecular flexibility index (Phi) is 5.96. The van der Waals surface area contributed by atoms with Crippen molar-refractivity contribution in [3.8, 4) is 17.6 Å². The van der Waals surface area contributed by atoms with Crippen molar-refractivity contribution < 1.29 is 19.1 Å². The first-order valence-electron chi connectivity index (χ1n) is 7.37. The van der Waals surface area contributed by atoms with Crippen LogP contribution in [0.15, 0.2) is 42.5 Å². The van der Waals surface area contributed by atoms with Crippen molar-refractivity contribution in [2.75, 3.05) is 24.9 Å². The van der Waals surface area contributed by atoms with Gasteiger partial charge in [0.05, 0.1) is 20.3 Å². The summed E-state index contributed by atoms with van der Waals surface area (Å²) in [6.45, 7) is 0. The number of carbonyl (C=O) groups excluding carboxylic acids is 2. The normalized spacial score (nSPS) is 9.64. The van der Waals surface area contributed by atoms with E-state index in [1.807, 2.05) is 0 Å². The first-order chi connectivity index (χ1) is 12.1. The third-order valence-corrected chi connectivity index (χ3v) is 3.29. The monoisotopic (exact) mass is 339 g/mol. The molecule has 2 amide bonds. The number of nitrogens with one attached hydrogen (secondary N) is 2. The van der Waals surface area contributed by atoms with Gasteiger partial charge in [0.1, 0.15) is 6.42 Å². The highest BCUT2D eigenvalue weighted by Crippen LogP contribution is 2.28. The minimum absolute atomic E-state index is 0.234. The van der Waals surface area contributed by atoms with Crippen LogP contribution in [-0.2, 0) is 4.79 Å². The number of carbonyl (C=O) groups is 2. The van der Waals surface area contributed by atoms with E-state index in [-0.39, 0.29) is 12.3 Å². The number of hydrogen-bond acceptors (Lipinski definition) is 5. The van der Waals surface area contributed by atoms with Crippen LogP contribution in [0.3, 0.4) is 0 Å². The number of anilines is 2. The van der Waals surface area contributed by atoms with Gasteiger partial charge in [-0.3, -0.25) is 9.59 Å². The predicted octanol–water partition coefficient (Wildman–Crippen LogP) is 2.81. The van der Waals surface area contributed by atoms with E-state index in [0.717, 1.165) is 0 Å². The lowest BCUT2D eigenvalue weighted by Gasteiger charge is -2.11. The Labute approximate surface area is 145 Å². The van der Waals surface area contributed by atoms with Crippen molar-refractivity contribution in [1.29, 1.82) is 5.26 Å². The zero-order valence-electron chi connectivity index (χ0n) is 13.8. The summed E-state index contributed by atoms with van der Waals surface area (Å²) in [6.07, 6.45) is -0.234. The second-order valence-corrected chi connectivity index (χ2v) is 4.99. The molecular weight excluding hydrogens is 322 g/mol. The molecule has 0 bridgehead atoms. The van der Waals surface area contributed by atoms with Gasteiger partial charge in [0.2, 0.25) is 5.91 Å². The lowest BCUT2D eigenvalue weighted by atomic mass is 10.1. The maximum Gasteiger partial charge on any atom is 0.255 e. The zero-order valence-corrected chi connectivity index (χ0v) is 13.8. The molecule has 2 aromatic carbocycles. The summed E-state index contributed by atoms with van der Waals surface area (Å²) >= 11 is 0. The Morgan fingerprint density at radius 3 is 2.32 bits per heavy atom. The molecule has 0 spiro atoms.